The van der Waals surface area contributed by atoms with E-state index in [9.17, 15) is 4.79 Å². The molecule has 1 amide bonds. The van der Waals surface area contributed by atoms with Crippen LogP contribution in [0.5, 0.6) is 5.75 Å². The largest absolute Gasteiger partial charge is 0.495 e. The standard InChI is InChI=1S/C20H18N4O2/c1-26-18-9-5-3-7-15(18)21-19-11-10-16(22-23-19)20(25)24-13-12-14-6-2-4-8-17(14)24/h2-11H,12-13H2,1H3,(H,21,23). The molecule has 0 saturated carbocycles. The van der Waals surface area contributed by atoms with Crippen molar-refractivity contribution in [1.29, 1.82) is 0 Å². The molecule has 1 aliphatic rings. The number of nitrogens with zero attached hydrogens (tertiary/aromatic N) is 3. The Morgan fingerprint density at radius 1 is 1.04 bits per heavy atom. The summed E-state index contributed by atoms with van der Waals surface area (Å²) in [5.41, 5.74) is 3.25. The van der Waals surface area contributed by atoms with Gasteiger partial charge < -0.3 is 15.0 Å². The second-order valence-corrected chi connectivity index (χ2v) is 5.96. The topological polar surface area (TPSA) is 67.3 Å². The van der Waals surface area contributed by atoms with Crippen molar-refractivity contribution in [2.24, 2.45) is 0 Å². The predicted octanol–water partition coefficient (Wildman–Crippen LogP) is 3.43. The molecule has 130 valence electrons. The van der Waals surface area contributed by atoms with E-state index in [1.165, 1.54) is 5.56 Å². The number of fused-ring (bicyclic) bond motifs is 1. The maximum atomic E-state index is 12.8. The molecule has 0 spiro atoms. The average Bonchev–Trinajstić information content (AvgIpc) is 3.12. The molecule has 2 aromatic carbocycles. The van der Waals surface area contributed by atoms with E-state index >= 15 is 0 Å². The number of hydrogen-bond acceptors (Lipinski definition) is 5. The van der Waals surface area contributed by atoms with E-state index in [2.05, 4.69) is 21.6 Å². The quantitative estimate of drug-likeness (QED) is 0.784. The molecule has 3 aromatic rings. The lowest BCUT2D eigenvalue weighted by Crippen LogP contribution is -2.29. The third-order valence-corrected chi connectivity index (χ3v) is 4.39. The van der Waals surface area contributed by atoms with Crippen molar-refractivity contribution in [3.8, 4) is 5.75 Å². The maximum Gasteiger partial charge on any atom is 0.278 e. The molecule has 0 fully saturated rings. The maximum absolute atomic E-state index is 12.8. The summed E-state index contributed by atoms with van der Waals surface area (Å²) in [5, 5.41) is 11.4. The molecule has 0 unspecified atom stereocenters. The second-order valence-electron chi connectivity index (χ2n) is 5.96. The predicted molar refractivity (Wildman–Crippen MR) is 100 cm³/mol. The molecule has 0 atom stereocenters. The number of benzene rings is 2. The zero-order chi connectivity index (χ0) is 17.9. The monoisotopic (exact) mass is 346 g/mol. The second kappa shape index (κ2) is 6.84. The Labute approximate surface area is 151 Å². The van der Waals surface area contributed by atoms with Gasteiger partial charge in [-0.05, 0) is 42.3 Å². The molecular weight excluding hydrogens is 328 g/mol. The average molecular weight is 346 g/mol. The van der Waals surface area contributed by atoms with Gasteiger partial charge in [0.15, 0.2) is 11.5 Å². The number of carbonyl (C=O) groups excluding carboxylic acids is 1. The Morgan fingerprint density at radius 2 is 1.85 bits per heavy atom. The lowest BCUT2D eigenvalue weighted by molar-refractivity contribution is 0.0983. The third-order valence-electron chi connectivity index (χ3n) is 4.39. The van der Waals surface area contributed by atoms with Gasteiger partial charge in [-0.25, -0.2) is 0 Å². The number of anilines is 3. The van der Waals surface area contributed by atoms with Crippen molar-refractivity contribution >= 4 is 23.1 Å². The van der Waals surface area contributed by atoms with Gasteiger partial charge in [0.1, 0.15) is 5.75 Å². The van der Waals surface area contributed by atoms with Gasteiger partial charge in [0, 0.05) is 12.2 Å². The van der Waals surface area contributed by atoms with E-state index in [1.807, 2.05) is 42.5 Å². The van der Waals surface area contributed by atoms with Crippen LogP contribution in [-0.2, 0) is 6.42 Å². The van der Waals surface area contributed by atoms with Crippen LogP contribution in [-0.4, -0.2) is 29.8 Å². The minimum absolute atomic E-state index is 0.133. The number of carbonyl (C=O) groups is 1. The molecule has 4 rings (SSSR count). The van der Waals surface area contributed by atoms with E-state index in [0.29, 0.717) is 23.8 Å². The lowest BCUT2D eigenvalue weighted by Gasteiger charge is -2.16. The molecule has 1 N–H and O–H groups in total. The molecule has 0 radical (unpaired) electrons. The number of nitrogens with one attached hydrogen (secondary N) is 1. The highest BCUT2D eigenvalue weighted by Gasteiger charge is 2.26. The van der Waals surface area contributed by atoms with Crippen LogP contribution in [0.2, 0.25) is 0 Å². The van der Waals surface area contributed by atoms with Crippen molar-refractivity contribution in [2.45, 2.75) is 6.42 Å². The first kappa shape index (κ1) is 16.1. The van der Waals surface area contributed by atoms with Crippen molar-refractivity contribution < 1.29 is 9.53 Å². The molecular formula is C20H18N4O2. The summed E-state index contributed by atoms with van der Waals surface area (Å²) in [6.07, 6.45) is 0.864. The third kappa shape index (κ3) is 2.97. The fourth-order valence-corrected chi connectivity index (χ4v) is 3.09. The Balaban J connectivity index is 1.52. The van der Waals surface area contributed by atoms with Gasteiger partial charge in [-0.3, -0.25) is 4.79 Å². The molecule has 0 aliphatic carbocycles. The van der Waals surface area contributed by atoms with Crippen molar-refractivity contribution in [2.75, 3.05) is 23.9 Å². The van der Waals surface area contributed by atoms with Crippen LogP contribution in [0.25, 0.3) is 0 Å². The first-order valence-electron chi connectivity index (χ1n) is 8.40. The van der Waals surface area contributed by atoms with Gasteiger partial charge in [-0.1, -0.05) is 30.3 Å². The summed E-state index contributed by atoms with van der Waals surface area (Å²) in [4.78, 5) is 14.5. The van der Waals surface area contributed by atoms with Crippen molar-refractivity contribution in [3.05, 3.63) is 71.9 Å². The number of aromatic nitrogens is 2. The lowest BCUT2D eigenvalue weighted by atomic mass is 10.2. The first-order valence-corrected chi connectivity index (χ1v) is 8.40. The SMILES string of the molecule is COc1ccccc1Nc1ccc(C(=O)N2CCc3ccccc32)nn1. The van der Waals surface area contributed by atoms with E-state index in [4.69, 9.17) is 4.74 Å². The van der Waals surface area contributed by atoms with Crippen LogP contribution in [0.3, 0.4) is 0 Å². The number of ether oxygens (including phenoxy) is 1. The molecule has 2 heterocycles. The summed E-state index contributed by atoms with van der Waals surface area (Å²) in [5.74, 6) is 1.13. The Bertz CT molecular complexity index is 941. The molecule has 1 aliphatic heterocycles. The minimum atomic E-state index is -0.133. The summed E-state index contributed by atoms with van der Waals surface area (Å²) >= 11 is 0. The Hall–Kier alpha value is -3.41. The number of rotatable bonds is 4. The fourth-order valence-electron chi connectivity index (χ4n) is 3.09. The highest BCUT2D eigenvalue weighted by atomic mass is 16.5. The van der Waals surface area contributed by atoms with E-state index in [0.717, 1.165) is 17.8 Å². The highest BCUT2D eigenvalue weighted by Crippen LogP contribution is 2.29. The van der Waals surface area contributed by atoms with Gasteiger partial charge in [-0.2, -0.15) is 0 Å². The first-order chi connectivity index (χ1) is 12.8. The summed E-state index contributed by atoms with van der Waals surface area (Å²) in [6.45, 7) is 0.668. The number of hydrogen-bond donors (Lipinski definition) is 1. The highest BCUT2D eigenvalue weighted by molar-refractivity contribution is 6.06. The van der Waals surface area contributed by atoms with E-state index in [1.54, 1.807) is 24.1 Å². The summed E-state index contributed by atoms with van der Waals surface area (Å²) < 4.78 is 5.31. The van der Waals surface area contributed by atoms with Crippen molar-refractivity contribution in [1.82, 2.24) is 10.2 Å². The smallest absolute Gasteiger partial charge is 0.278 e. The van der Waals surface area contributed by atoms with Crippen LogP contribution in [0.4, 0.5) is 17.2 Å². The molecule has 1 aromatic heterocycles. The van der Waals surface area contributed by atoms with Crippen LogP contribution in [0.15, 0.2) is 60.7 Å². The van der Waals surface area contributed by atoms with Crippen LogP contribution in [0, 0.1) is 0 Å². The number of para-hydroxylation sites is 3. The fraction of sp³-hybridized carbons (Fsp3) is 0.150. The zero-order valence-electron chi connectivity index (χ0n) is 14.3. The zero-order valence-corrected chi connectivity index (χ0v) is 14.3. The van der Waals surface area contributed by atoms with Crippen LogP contribution in [0.1, 0.15) is 16.1 Å². The van der Waals surface area contributed by atoms with Crippen molar-refractivity contribution in [3.63, 3.8) is 0 Å². The van der Waals surface area contributed by atoms with Gasteiger partial charge >= 0.3 is 0 Å². The Morgan fingerprint density at radius 3 is 2.65 bits per heavy atom. The van der Waals surface area contributed by atoms with Gasteiger partial charge in [0.2, 0.25) is 0 Å². The van der Waals surface area contributed by atoms with Gasteiger partial charge in [0.05, 0.1) is 12.8 Å². The van der Waals surface area contributed by atoms with Crippen LogP contribution < -0.4 is 15.0 Å². The summed E-state index contributed by atoms with van der Waals surface area (Å²) in [7, 11) is 1.61. The van der Waals surface area contributed by atoms with Crippen LogP contribution >= 0.6 is 0 Å². The van der Waals surface area contributed by atoms with Gasteiger partial charge in [-0.15, -0.1) is 10.2 Å². The molecule has 6 heteroatoms. The molecule has 26 heavy (non-hydrogen) atoms. The number of amides is 1. The molecule has 6 nitrogen and oxygen atoms in total. The summed E-state index contributed by atoms with van der Waals surface area (Å²) in [6, 6.07) is 18.9. The molecule has 0 bridgehead atoms. The van der Waals surface area contributed by atoms with E-state index < -0.39 is 0 Å². The minimum Gasteiger partial charge on any atom is -0.495 e. The Kier molecular flexibility index (Phi) is 4.23. The normalized spacial score (nSPS) is 12.6. The number of methoxy groups -OCH3 is 1. The van der Waals surface area contributed by atoms with E-state index in [-0.39, 0.29) is 5.91 Å². The van der Waals surface area contributed by atoms with Gasteiger partial charge in [0.25, 0.3) is 5.91 Å². The molecule has 0 saturated heterocycles.